The van der Waals surface area contributed by atoms with E-state index >= 15 is 0 Å². The summed E-state index contributed by atoms with van der Waals surface area (Å²) < 4.78 is 10.4. The lowest BCUT2D eigenvalue weighted by Crippen LogP contribution is -2.17. The van der Waals surface area contributed by atoms with Crippen LogP contribution in [0.4, 0.5) is 0 Å². The molecular weight excluding hydrogens is 216 g/mol. The van der Waals surface area contributed by atoms with Crippen molar-refractivity contribution in [1.82, 2.24) is 0 Å². The Bertz CT molecular complexity index is 406. The fraction of sp³-hybridized carbons (Fsp3) is 0.357. The highest BCUT2D eigenvalue weighted by atomic mass is 16.5. The van der Waals surface area contributed by atoms with Gasteiger partial charge in [-0.3, -0.25) is 0 Å². The van der Waals surface area contributed by atoms with Gasteiger partial charge in [0.05, 0.1) is 7.11 Å². The number of hydrogen-bond acceptors (Lipinski definition) is 3. The molecule has 2 rings (SSSR count). The van der Waals surface area contributed by atoms with Crippen LogP contribution in [0.2, 0.25) is 0 Å². The molecule has 0 bridgehead atoms. The van der Waals surface area contributed by atoms with Gasteiger partial charge in [-0.1, -0.05) is 18.2 Å². The second-order valence-electron chi connectivity index (χ2n) is 4.09. The number of allylic oxidation sites excluding steroid dienone is 1. The molecule has 17 heavy (non-hydrogen) atoms. The molecule has 1 aliphatic rings. The number of cyclic esters (lactones) is 1. The molecule has 1 aliphatic heterocycles. The topological polar surface area (TPSA) is 35.5 Å². The first kappa shape index (κ1) is 11.7. The van der Waals surface area contributed by atoms with Crippen LogP contribution in [0, 0.1) is 0 Å². The Balaban J connectivity index is 1.97. The second kappa shape index (κ2) is 5.53. The van der Waals surface area contributed by atoms with E-state index in [1.807, 2.05) is 30.3 Å². The minimum atomic E-state index is -0.235. The Hall–Kier alpha value is -1.77. The Morgan fingerprint density at radius 1 is 1.35 bits per heavy atom. The first-order valence-electron chi connectivity index (χ1n) is 5.78. The van der Waals surface area contributed by atoms with Gasteiger partial charge in [0.1, 0.15) is 11.9 Å². The molecule has 3 nitrogen and oxygen atoms in total. The predicted molar refractivity (Wildman–Crippen MR) is 65.0 cm³/mol. The van der Waals surface area contributed by atoms with Crippen LogP contribution in [0.1, 0.15) is 18.4 Å². The third kappa shape index (κ3) is 3.34. The van der Waals surface area contributed by atoms with Gasteiger partial charge in [0.15, 0.2) is 0 Å². The molecule has 1 aromatic rings. The Morgan fingerprint density at radius 2 is 2.12 bits per heavy atom. The van der Waals surface area contributed by atoms with Gasteiger partial charge in [-0.2, -0.15) is 0 Å². The average Bonchev–Trinajstić information content (AvgIpc) is 2.55. The Labute approximate surface area is 101 Å². The smallest absolute Gasteiger partial charge is 0.330 e. The first-order valence-corrected chi connectivity index (χ1v) is 5.78. The lowest BCUT2D eigenvalue weighted by Gasteiger charge is -2.15. The number of carbonyl (C=O) groups excluding carboxylic acids is 1. The number of hydrogen-bond donors (Lipinski definition) is 0. The van der Waals surface area contributed by atoms with Crippen molar-refractivity contribution >= 4 is 5.97 Å². The molecule has 0 aromatic heterocycles. The van der Waals surface area contributed by atoms with Gasteiger partial charge in [-0.25, -0.2) is 4.79 Å². The number of esters is 1. The van der Waals surface area contributed by atoms with Crippen LogP contribution in [0.3, 0.4) is 0 Å². The summed E-state index contributed by atoms with van der Waals surface area (Å²) in [5.41, 5.74) is 1.16. The Kier molecular flexibility index (Phi) is 3.81. The molecule has 0 saturated heterocycles. The van der Waals surface area contributed by atoms with Crippen molar-refractivity contribution in [3.05, 3.63) is 42.0 Å². The third-order valence-corrected chi connectivity index (χ3v) is 2.81. The predicted octanol–water partition coefficient (Wildman–Crippen LogP) is 2.50. The zero-order chi connectivity index (χ0) is 12.1. The molecular formula is C14H16O3. The maximum atomic E-state index is 11.3. The summed E-state index contributed by atoms with van der Waals surface area (Å²) in [4.78, 5) is 11.3. The highest BCUT2D eigenvalue weighted by Gasteiger charge is 2.15. The minimum Gasteiger partial charge on any atom is -0.497 e. The normalized spacial score (nSPS) is 19.6. The van der Waals surface area contributed by atoms with E-state index in [2.05, 4.69) is 0 Å². The molecule has 90 valence electrons. The van der Waals surface area contributed by atoms with Crippen LogP contribution in [0.15, 0.2) is 36.4 Å². The van der Waals surface area contributed by atoms with Crippen molar-refractivity contribution in [2.24, 2.45) is 0 Å². The van der Waals surface area contributed by atoms with E-state index in [0.29, 0.717) is 0 Å². The van der Waals surface area contributed by atoms with Gasteiger partial charge in [-0.15, -0.1) is 0 Å². The van der Waals surface area contributed by atoms with Crippen molar-refractivity contribution < 1.29 is 14.3 Å². The summed E-state index contributed by atoms with van der Waals surface area (Å²) in [7, 11) is 1.65. The number of methoxy groups -OCH3 is 1. The summed E-state index contributed by atoms with van der Waals surface area (Å²) in [6.07, 6.45) is 5.90. The molecule has 0 fully saturated rings. The van der Waals surface area contributed by atoms with E-state index in [-0.39, 0.29) is 12.1 Å². The molecule has 1 aromatic carbocycles. The van der Waals surface area contributed by atoms with E-state index in [1.54, 1.807) is 7.11 Å². The largest absolute Gasteiger partial charge is 0.497 e. The molecule has 0 spiro atoms. The number of rotatable bonds is 3. The highest BCUT2D eigenvalue weighted by Crippen LogP contribution is 2.17. The van der Waals surface area contributed by atoms with Gasteiger partial charge >= 0.3 is 5.97 Å². The number of carbonyl (C=O) groups is 1. The van der Waals surface area contributed by atoms with Crippen LogP contribution in [-0.2, 0) is 16.0 Å². The standard InChI is InChI=1S/C14H16O3/c1-16-12-8-6-11(7-9-12)10-13-4-2-3-5-14(15)17-13/h3,5-9,13H,2,4,10H2,1H3. The summed E-state index contributed by atoms with van der Waals surface area (Å²) in [6, 6.07) is 7.86. The summed E-state index contributed by atoms with van der Waals surface area (Å²) >= 11 is 0. The van der Waals surface area contributed by atoms with Crippen molar-refractivity contribution in [3.8, 4) is 5.75 Å². The van der Waals surface area contributed by atoms with Crippen LogP contribution in [0.25, 0.3) is 0 Å². The molecule has 3 heteroatoms. The van der Waals surface area contributed by atoms with E-state index < -0.39 is 0 Å². The highest BCUT2D eigenvalue weighted by molar-refractivity contribution is 5.82. The monoisotopic (exact) mass is 232 g/mol. The molecule has 1 heterocycles. The summed E-state index contributed by atoms with van der Waals surface area (Å²) in [5.74, 6) is 0.606. The van der Waals surface area contributed by atoms with Gasteiger partial charge in [0, 0.05) is 12.5 Å². The first-order chi connectivity index (χ1) is 8.28. The Morgan fingerprint density at radius 3 is 2.82 bits per heavy atom. The fourth-order valence-corrected chi connectivity index (χ4v) is 1.89. The molecule has 0 aliphatic carbocycles. The van der Waals surface area contributed by atoms with E-state index in [4.69, 9.17) is 9.47 Å². The van der Waals surface area contributed by atoms with Crippen molar-refractivity contribution in [2.75, 3.05) is 7.11 Å². The molecule has 1 unspecified atom stereocenters. The fourth-order valence-electron chi connectivity index (χ4n) is 1.89. The molecule has 1 atom stereocenters. The average molecular weight is 232 g/mol. The quantitative estimate of drug-likeness (QED) is 0.751. The molecule has 0 N–H and O–H groups in total. The van der Waals surface area contributed by atoms with E-state index in [1.165, 1.54) is 6.08 Å². The molecule has 0 saturated carbocycles. The van der Waals surface area contributed by atoms with Crippen LogP contribution >= 0.6 is 0 Å². The molecule has 0 amide bonds. The van der Waals surface area contributed by atoms with Gasteiger partial charge in [0.2, 0.25) is 0 Å². The second-order valence-corrected chi connectivity index (χ2v) is 4.09. The van der Waals surface area contributed by atoms with Gasteiger partial charge in [0.25, 0.3) is 0 Å². The zero-order valence-electron chi connectivity index (χ0n) is 9.89. The van der Waals surface area contributed by atoms with Crippen molar-refractivity contribution in [3.63, 3.8) is 0 Å². The maximum absolute atomic E-state index is 11.3. The van der Waals surface area contributed by atoms with E-state index in [0.717, 1.165) is 30.6 Å². The van der Waals surface area contributed by atoms with Crippen molar-refractivity contribution in [1.29, 1.82) is 0 Å². The SMILES string of the molecule is COc1ccc(CC2CCC=CC(=O)O2)cc1. The third-order valence-electron chi connectivity index (χ3n) is 2.81. The van der Waals surface area contributed by atoms with Crippen LogP contribution in [0.5, 0.6) is 5.75 Å². The van der Waals surface area contributed by atoms with Gasteiger partial charge < -0.3 is 9.47 Å². The minimum absolute atomic E-state index is 0.0223. The summed E-state index contributed by atoms with van der Waals surface area (Å²) in [5, 5.41) is 0. The number of ether oxygens (including phenoxy) is 2. The van der Waals surface area contributed by atoms with Crippen LogP contribution < -0.4 is 4.74 Å². The van der Waals surface area contributed by atoms with E-state index in [9.17, 15) is 4.79 Å². The lowest BCUT2D eigenvalue weighted by molar-refractivity contribution is -0.142. The number of benzene rings is 1. The lowest BCUT2D eigenvalue weighted by atomic mass is 10.0. The summed E-state index contributed by atoms with van der Waals surface area (Å²) in [6.45, 7) is 0. The van der Waals surface area contributed by atoms with Crippen LogP contribution in [-0.4, -0.2) is 19.2 Å². The van der Waals surface area contributed by atoms with Crippen molar-refractivity contribution in [2.45, 2.75) is 25.4 Å². The van der Waals surface area contributed by atoms with Gasteiger partial charge in [-0.05, 0) is 30.5 Å². The maximum Gasteiger partial charge on any atom is 0.330 e. The zero-order valence-corrected chi connectivity index (χ0v) is 9.89. The molecule has 0 radical (unpaired) electrons.